The monoisotopic (exact) mass is 333 g/mol. The number of hydrogen-bond donors (Lipinski definition) is 3. The maximum atomic E-state index is 12.2. The highest BCUT2D eigenvalue weighted by molar-refractivity contribution is 7.87. The standard InChI is InChI=1S/C15H16N4O3S/c1-11-2-8-14(9-3-11)23(20,21)22-13-6-4-12(5-7-13)10-18-19-15(16)17/h2-10H,1H3,(H4,16,17,19)/p+1/b18-10+. The van der Waals surface area contributed by atoms with Crippen LogP contribution in [0.25, 0.3) is 0 Å². The predicted molar refractivity (Wildman–Crippen MR) is 87.4 cm³/mol. The predicted octanol–water partition coefficient (Wildman–Crippen LogP) is -0.549. The van der Waals surface area contributed by atoms with E-state index >= 15 is 0 Å². The third-order valence-electron chi connectivity index (χ3n) is 2.82. The molecule has 8 heteroatoms. The van der Waals surface area contributed by atoms with Gasteiger partial charge < -0.3 is 15.7 Å². The van der Waals surface area contributed by atoms with Crippen LogP contribution in [0.4, 0.5) is 0 Å². The van der Waals surface area contributed by atoms with Crippen LogP contribution in [0, 0.1) is 6.92 Å². The van der Waals surface area contributed by atoms with Gasteiger partial charge in [0.25, 0.3) is 5.96 Å². The van der Waals surface area contributed by atoms with Crippen LogP contribution in [0.1, 0.15) is 11.1 Å². The van der Waals surface area contributed by atoms with Gasteiger partial charge in [-0.3, -0.25) is 0 Å². The van der Waals surface area contributed by atoms with Gasteiger partial charge in [-0.15, -0.1) is 5.10 Å². The van der Waals surface area contributed by atoms with Crippen molar-refractivity contribution in [2.24, 2.45) is 16.6 Å². The minimum absolute atomic E-state index is 0.0922. The van der Waals surface area contributed by atoms with Crippen LogP contribution in [0.2, 0.25) is 0 Å². The zero-order valence-electron chi connectivity index (χ0n) is 12.4. The van der Waals surface area contributed by atoms with E-state index in [1.165, 1.54) is 24.3 Å². The second kappa shape index (κ2) is 6.93. The van der Waals surface area contributed by atoms with Gasteiger partial charge >= 0.3 is 10.1 Å². The molecule has 120 valence electrons. The van der Waals surface area contributed by atoms with Crippen molar-refractivity contribution in [3.8, 4) is 5.75 Å². The summed E-state index contributed by atoms with van der Waals surface area (Å²) in [6.45, 7) is 1.88. The molecule has 0 aliphatic carbocycles. The Hall–Kier alpha value is -2.87. The maximum Gasteiger partial charge on any atom is 0.339 e. The summed E-state index contributed by atoms with van der Waals surface area (Å²) in [6, 6.07) is 12.8. The first-order chi connectivity index (χ1) is 10.9. The van der Waals surface area contributed by atoms with E-state index in [2.05, 4.69) is 10.2 Å². The summed E-state index contributed by atoms with van der Waals surface area (Å²) >= 11 is 0. The lowest BCUT2D eigenvalue weighted by Crippen LogP contribution is -2.63. The first-order valence-corrected chi connectivity index (χ1v) is 8.06. The molecule has 0 heterocycles. The van der Waals surface area contributed by atoms with E-state index in [-0.39, 0.29) is 16.6 Å². The van der Waals surface area contributed by atoms with Crippen LogP contribution in [0.5, 0.6) is 5.75 Å². The van der Waals surface area contributed by atoms with Crippen molar-refractivity contribution in [1.82, 2.24) is 0 Å². The van der Waals surface area contributed by atoms with Crippen LogP contribution in [-0.2, 0) is 10.1 Å². The number of hydrogen-bond acceptors (Lipinski definition) is 4. The molecule has 2 rings (SSSR count). The summed E-state index contributed by atoms with van der Waals surface area (Å²) in [5.74, 6) is 0.120. The summed E-state index contributed by atoms with van der Waals surface area (Å²) in [7, 11) is -3.85. The lowest BCUT2D eigenvalue weighted by atomic mass is 10.2. The van der Waals surface area contributed by atoms with E-state index in [1.807, 2.05) is 6.92 Å². The molecule has 2 aromatic carbocycles. The summed E-state index contributed by atoms with van der Waals surface area (Å²) < 4.78 is 29.4. The summed E-state index contributed by atoms with van der Waals surface area (Å²) in [6.07, 6.45) is 1.55. The van der Waals surface area contributed by atoms with Gasteiger partial charge in [0.1, 0.15) is 10.6 Å². The second-order valence-electron chi connectivity index (χ2n) is 4.73. The Morgan fingerprint density at radius 1 is 1.09 bits per heavy atom. The fourth-order valence-electron chi connectivity index (χ4n) is 1.68. The highest BCUT2D eigenvalue weighted by Gasteiger charge is 2.16. The summed E-state index contributed by atoms with van der Waals surface area (Å²) in [5.41, 5.74) is 12.1. The molecule has 2 aromatic rings. The van der Waals surface area contributed by atoms with Crippen LogP contribution in [-0.4, -0.2) is 20.6 Å². The molecule has 7 nitrogen and oxygen atoms in total. The quantitative estimate of drug-likeness (QED) is 0.293. The Labute approximate surface area is 134 Å². The second-order valence-corrected chi connectivity index (χ2v) is 6.28. The Bertz CT molecular complexity index is 822. The maximum absolute atomic E-state index is 12.2. The SMILES string of the molecule is Cc1ccc(S(=O)(=O)Oc2ccc(/C=[NH+]/N=C(N)N)cc2)cc1. The number of benzene rings is 2. The number of nitrogens with zero attached hydrogens (tertiary/aromatic N) is 1. The minimum Gasteiger partial charge on any atom is -0.379 e. The van der Waals surface area contributed by atoms with Gasteiger partial charge in [0.05, 0.1) is 0 Å². The molecular weight excluding hydrogens is 316 g/mol. The molecule has 0 saturated heterocycles. The van der Waals surface area contributed by atoms with Crippen molar-refractivity contribution < 1.29 is 17.7 Å². The molecule has 0 radical (unpaired) electrons. The van der Waals surface area contributed by atoms with Crippen molar-refractivity contribution in [2.45, 2.75) is 11.8 Å². The molecule has 0 fully saturated rings. The Balaban J connectivity index is 2.12. The smallest absolute Gasteiger partial charge is 0.339 e. The number of nitrogens with one attached hydrogen (secondary N) is 1. The minimum atomic E-state index is -3.85. The van der Waals surface area contributed by atoms with Crippen LogP contribution in [0.3, 0.4) is 0 Å². The topological polar surface area (TPSA) is 122 Å². The number of nitrogens with two attached hydrogens (primary N) is 2. The number of aryl methyl sites for hydroxylation is 1. The third-order valence-corrected chi connectivity index (χ3v) is 4.08. The van der Waals surface area contributed by atoms with Crippen LogP contribution in [0.15, 0.2) is 58.5 Å². The van der Waals surface area contributed by atoms with Gasteiger partial charge in [-0.2, -0.15) is 8.42 Å². The van der Waals surface area contributed by atoms with E-state index in [0.717, 1.165) is 11.1 Å². The number of rotatable bonds is 5. The molecule has 0 saturated carbocycles. The largest absolute Gasteiger partial charge is 0.379 e. The normalized spacial score (nSPS) is 11.3. The Morgan fingerprint density at radius 2 is 1.70 bits per heavy atom. The molecule has 0 unspecified atom stereocenters. The van der Waals surface area contributed by atoms with Crippen molar-refractivity contribution in [3.05, 3.63) is 59.7 Å². The highest BCUT2D eigenvalue weighted by Crippen LogP contribution is 2.19. The lowest BCUT2D eigenvalue weighted by molar-refractivity contribution is -0.456. The van der Waals surface area contributed by atoms with Crippen molar-refractivity contribution >= 4 is 22.3 Å². The first kappa shape index (κ1) is 16.5. The fourth-order valence-corrected chi connectivity index (χ4v) is 2.61. The molecule has 0 amide bonds. The molecule has 0 bridgehead atoms. The van der Waals surface area contributed by atoms with E-state index in [9.17, 15) is 8.42 Å². The lowest BCUT2D eigenvalue weighted by Gasteiger charge is -2.07. The fraction of sp³-hybridized carbons (Fsp3) is 0.0667. The van der Waals surface area contributed by atoms with E-state index in [1.54, 1.807) is 30.5 Å². The van der Waals surface area contributed by atoms with Gasteiger partial charge in [0, 0.05) is 10.7 Å². The van der Waals surface area contributed by atoms with Gasteiger partial charge in [0.2, 0.25) is 6.21 Å². The van der Waals surface area contributed by atoms with Gasteiger partial charge in [0.15, 0.2) is 0 Å². The van der Waals surface area contributed by atoms with Crippen molar-refractivity contribution in [1.29, 1.82) is 0 Å². The van der Waals surface area contributed by atoms with Gasteiger partial charge in [-0.05, 0) is 43.3 Å². The number of hydrazone groups is 1. The molecule has 5 N–H and O–H groups in total. The van der Waals surface area contributed by atoms with Gasteiger partial charge in [-0.1, -0.05) is 17.7 Å². The number of guanidine groups is 1. The molecule has 0 aliphatic rings. The first-order valence-electron chi connectivity index (χ1n) is 6.65. The molecular formula is C15H17N4O3S+. The van der Waals surface area contributed by atoms with Crippen molar-refractivity contribution in [2.75, 3.05) is 0 Å². The van der Waals surface area contributed by atoms with Crippen molar-refractivity contribution in [3.63, 3.8) is 0 Å². The molecule has 0 aromatic heterocycles. The average molecular weight is 333 g/mol. The Morgan fingerprint density at radius 3 is 2.26 bits per heavy atom. The highest BCUT2D eigenvalue weighted by atomic mass is 32.2. The Kier molecular flexibility index (Phi) is 4.97. The van der Waals surface area contributed by atoms with E-state index < -0.39 is 10.1 Å². The molecule has 0 atom stereocenters. The van der Waals surface area contributed by atoms with Gasteiger partial charge in [-0.25, -0.2) is 0 Å². The van der Waals surface area contributed by atoms with Crippen LogP contribution < -0.4 is 20.8 Å². The average Bonchev–Trinajstić information content (AvgIpc) is 2.49. The van der Waals surface area contributed by atoms with Crippen LogP contribution >= 0.6 is 0 Å². The van der Waals surface area contributed by atoms with E-state index in [0.29, 0.717) is 0 Å². The molecule has 0 aliphatic heterocycles. The molecule has 0 spiro atoms. The summed E-state index contributed by atoms with van der Waals surface area (Å²) in [5, 5.41) is 6.14. The third kappa shape index (κ3) is 4.82. The zero-order valence-corrected chi connectivity index (χ0v) is 13.2. The van der Waals surface area contributed by atoms with E-state index in [4.69, 9.17) is 15.7 Å². The molecule has 23 heavy (non-hydrogen) atoms. The zero-order chi connectivity index (χ0) is 16.9. The summed E-state index contributed by atoms with van der Waals surface area (Å²) in [4.78, 5) is 0.105.